The van der Waals surface area contributed by atoms with Crippen molar-refractivity contribution in [1.29, 1.82) is 0 Å². The predicted octanol–water partition coefficient (Wildman–Crippen LogP) is 9.11. The van der Waals surface area contributed by atoms with Gasteiger partial charge < -0.3 is 14.8 Å². The predicted molar refractivity (Wildman–Crippen MR) is 168 cm³/mol. The molecule has 0 bridgehead atoms. The third kappa shape index (κ3) is 5.43. The largest absolute Gasteiger partial charge is 0.493 e. The highest BCUT2D eigenvalue weighted by Crippen LogP contribution is 2.49. The zero-order chi connectivity index (χ0) is 26.8. The number of benzene rings is 4. The lowest BCUT2D eigenvalue weighted by Gasteiger charge is -2.37. The number of aliphatic imine (C=N–C) groups is 1. The minimum Gasteiger partial charge on any atom is -0.493 e. The lowest BCUT2D eigenvalue weighted by Crippen LogP contribution is -2.28. The van der Waals surface area contributed by atoms with Gasteiger partial charge in [-0.2, -0.15) is 0 Å². The summed E-state index contributed by atoms with van der Waals surface area (Å²) < 4.78 is 12.7. The standard InChI is InChI=1S/C33H28ClIN2O2/c1-38-31-18-21(17-29(35)33(31)39-20-23-7-2-4-11-28(23)34)19-36-24-15-13-22(14-16-24)32-27-10-6-9-25(27)26-8-3-5-12-30(26)37-32/h2-9,11-19,25,27,32,37H,10,20H2,1H3/t25-,27-,32-/m0/s1. The Hall–Kier alpha value is -3.29. The smallest absolute Gasteiger partial charge is 0.174 e. The van der Waals surface area contributed by atoms with Crippen molar-refractivity contribution in [2.24, 2.45) is 10.9 Å². The summed E-state index contributed by atoms with van der Waals surface area (Å²) in [7, 11) is 1.65. The maximum absolute atomic E-state index is 6.29. The van der Waals surface area contributed by atoms with Crippen molar-refractivity contribution in [3.05, 3.63) is 128 Å². The van der Waals surface area contributed by atoms with Gasteiger partial charge in [0.2, 0.25) is 0 Å². The number of hydrogen-bond acceptors (Lipinski definition) is 4. The summed E-state index contributed by atoms with van der Waals surface area (Å²) in [6.07, 6.45) is 7.66. The lowest BCUT2D eigenvalue weighted by molar-refractivity contribution is 0.282. The summed E-state index contributed by atoms with van der Waals surface area (Å²) in [5.41, 5.74) is 6.70. The summed E-state index contributed by atoms with van der Waals surface area (Å²) >= 11 is 8.56. The van der Waals surface area contributed by atoms with Crippen molar-refractivity contribution in [3.8, 4) is 11.5 Å². The highest BCUT2D eigenvalue weighted by Gasteiger charge is 2.37. The van der Waals surface area contributed by atoms with E-state index >= 15 is 0 Å². The van der Waals surface area contributed by atoms with Crippen LogP contribution in [0.5, 0.6) is 11.5 Å². The van der Waals surface area contributed by atoms with E-state index in [-0.39, 0.29) is 6.04 Å². The molecule has 0 saturated heterocycles. The molecule has 0 radical (unpaired) electrons. The summed E-state index contributed by atoms with van der Waals surface area (Å²) in [5.74, 6) is 2.36. The summed E-state index contributed by atoms with van der Waals surface area (Å²) in [5, 5.41) is 4.48. The van der Waals surface area contributed by atoms with E-state index in [1.807, 2.05) is 42.6 Å². The second-order valence-corrected chi connectivity index (χ2v) is 11.4. The number of rotatable bonds is 7. The van der Waals surface area contributed by atoms with Gasteiger partial charge >= 0.3 is 0 Å². The van der Waals surface area contributed by atoms with E-state index in [1.54, 1.807) is 7.11 Å². The van der Waals surface area contributed by atoms with Crippen LogP contribution in [0, 0.1) is 9.49 Å². The van der Waals surface area contributed by atoms with Gasteiger partial charge in [-0.15, -0.1) is 0 Å². The first-order valence-electron chi connectivity index (χ1n) is 13.0. The third-order valence-electron chi connectivity index (χ3n) is 7.47. The molecule has 4 aromatic carbocycles. The number of halogens is 2. The zero-order valence-corrected chi connectivity index (χ0v) is 24.4. The van der Waals surface area contributed by atoms with Crippen molar-refractivity contribution < 1.29 is 9.47 Å². The van der Waals surface area contributed by atoms with Gasteiger partial charge in [-0.1, -0.05) is 72.3 Å². The number of nitrogens with zero attached hydrogens (tertiary/aromatic N) is 1. The molecule has 196 valence electrons. The molecule has 6 heteroatoms. The molecule has 0 spiro atoms. The van der Waals surface area contributed by atoms with E-state index in [4.69, 9.17) is 26.1 Å². The van der Waals surface area contributed by atoms with Gasteiger partial charge in [-0.3, -0.25) is 4.99 Å². The topological polar surface area (TPSA) is 42.8 Å². The van der Waals surface area contributed by atoms with E-state index in [2.05, 4.69) is 88.6 Å². The molecule has 0 saturated carbocycles. The maximum Gasteiger partial charge on any atom is 0.174 e. The summed E-state index contributed by atoms with van der Waals surface area (Å²) in [6.45, 7) is 0.366. The molecular formula is C33H28ClIN2O2. The van der Waals surface area contributed by atoms with Gasteiger partial charge in [0.1, 0.15) is 6.61 Å². The first-order valence-corrected chi connectivity index (χ1v) is 14.5. The van der Waals surface area contributed by atoms with Crippen LogP contribution < -0.4 is 14.8 Å². The summed E-state index contributed by atoms with van der Waals surface area (Å²) in [6, 6.07) is 29.2. The molecule has 6 rings (SSSR count). The molecule has 3 atom stereocenters. The SMILES string of the molecule is COc1cc(C=Nc2ccc([C@@H]3Nc4ccccc4[C@@H]4C=CC[C@@H]43)cc2)cc(I)c1OCc1ccccc1Cl. The van der Waals surface area contributed by atoms with Crippen LogP contribution in [-0.2, 0) is 6.61 Å². The van der Waals surface area contributed by atoms with Crippen molar-refractivity contribution in [1.82, 2.24) is 0 Å². The number of allylic oxidation sites excluding steroid dienone is 2. The van der Waals surface area contributed by atoms with E-state index in [0.29, 0.717) is 35.0 Å². The molecule has 4 nitrogen and oxygen atoms in total. The van der Waals surface area contributed by atoms with Crippen LogP contribution in [0.2, 0.25) is 5.02 Å². The fraction of sp³-hybridized carbons (Fsp3) is 0.182. The molecule has 1 aliphatic carbocycles. The lowest BCUT2D eigenvalue weighted by atomic mass is 9.77. The molecular weight excluding hydrogens is 619 g/mol. The molecule has 2 aliphatic rings. The molecule has 4 aromatic rings. The first kappa shape index (κ1) is 26.0. The number of para-hydroxylation sites is 1. The van der Waals surface area contributed by atoms with Gasteiger partial charge in [0.05, 0.1) is 22.4 Å². The van der Waals surface area contributed by atoms with E-state index < -0.39 is 0 Å². The number of anilines is 1. The fourth-order valence-electron chi connectivity index (χ4n) is 5.51. The van der Waals surface area contributed by atoms with Gasteiger partial charge in [0, 0.05) is 28.4 Å². The van der Waals surface area contributed by atoms with Crippen molar-refractivity contribution in [2.45, 2.75) is 25.0 Å². The molecule has 0 aromatic heterocycles. The van der Waals surface area contributed by atoms with Gasteiger partial charge in [0.25, 0.3) is 0 Å². The number of hydrogen-bond donors (Lipinski definition) is 1. The van der Waals surface area contributed by atoms with Crippen LogP contribution in [0.3, 0.4) is 0 Å². The van der Waals surface area contributed by atoms with Crippen molar-refractivity contribution >= 4 is 51.8 Å². The van der Waals surface area contributed by atoms with Crippen molar-refractivity contribution in [2.75, 3.05) is 12.4 Å². The van der Waals surface area contributed by atoms with Gasteiger partial charge in [-0.05, 0) is 88.0 Å². The Balaban J connectivity index is 1.17. The normalized spacial score (nSPS) is 19.4. The molecule has 39 heavy (non-hydrogen) atoms. The molecule has 1 N–H and O–H groups in total. The first-order chi connectivity index (χ1) is 19.1. The zero-order valence-electron chi connectivity index (χ0n) is 21.5. The van der Waals surface area contributed by atoms with E-state index in [9.17, 15) is 0 Å². The van der Waals surface area contributed by atoms with Crippen LogP contribution in [0.25, 0.3) is 0 Å². The summed E-state index contributed by atoms with van der Waals surface area (Å²) in [4.78, 5) is 4.74. The second kappa shape index (κ2) is 11.4. The number of ether oxygens (including phenoxy) is 2. The quantitative estimate of drug-likeness (QED) is 0.124. The van der Waals surface area contributed by atoms with Crippen LogP contribution in [0.4, 0.5) is 11.4 Å². The van der Waals surface area contributed by atoms with E-state index in [1.165, 1.54) is 16.8 Å². The highest BCUT2D eigenvalue weighted by atomic mass is 127. The van der Waals surface area contributed by atoms with Crippen molar-refractivity contribution in [3.63, 3.8) is 0 Å². The van der Waals surface area contributed by atoms with E-state index in [0.717, 1.165) is 26.8 Å². The van der Waals surface area contributed by atoms with Crippen LogP contribution in [0.15, 0.2) is 102 Å². The Morgan fingerprint density at radius 3 is 2.64 bits per heavy atom. The Labute approximate surface area is 247 Å². The molecule has 1 aliphatic heterocycles. The molecule has 0 unspecified atom stereocenters. The molecule has 0 amide bonds. The average molecular weight is 647 g/mol. The Kier molecular flexibility index (Phi) is 7.62. The second-order valence-electron chi connectivity index (χ2n) is 9.83. The fourth-order valence-corrected chi connectivity index (χ4v) is 6.48. The molecule has 0 fully saturated rings. The number of nitrogens with one attached hydrogen (secondary N) is 1. The third-order valence-corrected chi connectivity index (χ3v) is 8.64. The van der Waals surface area contributed by atoms with Gasteiger partial charge in [0.15, 0.2) is 11.5 Å². The Morgan fingerprint density at radius 1 is 1.03 bits per heavy atom. The Morgan fingerprint density at radius 2 is 1.82 bits per heavy atom. The minimum absolute atomic E-state index is 0.280. The Bertz CT molecular complexity index is 1550. The minimum atomic E-state index is 0.280. The van der Waals surface area contributed by atoms with Crippen LogP contribution in [0.1, 0.15) is 40.6 Å². The van der Waals surface area contributed by atoms with Crippen LogP contribution in [-0.4, -0.2) is 13.3 Å². The number of methoxy groups -OCH3 is 1. The average Bonchev–Trinajstić information content (AvgIpc) is 3.46. The number of fused-ring (bicyclic) bond motifs is 3. The van der Waals surface area contributed by atoms with Gasteiger partial charge in [-0.25, -0.2) is 0 Å². The van der Waals surface area contributed by atoms with Crippen LogP contribution >= 0.6 is 34.2 Å². The molecule has 1 heterocycles. The monoisotopic (exact) mass is 646 g/mol. The maximum atomic E-state index is 6.29. The highest BCUT2D eigenvalue weighted by molar-refractivity contribution is 14.1.